The summed E-state index contributed by atoms with van der Waals surface area (Å²) < 4.78 is 5.99. The molecule has 14 heavy (non-hydrogen) atoms. The molecule has 0 radical (unpaired) electrons. The molecule has 2 heterocycles. The molecule has 0 amide bonds. The van der Waals surface area contributed by atoms with E-state index in [1.807, 2.05) is 0 Å². The molecule has 2 saturated heterocycles. The van der Waals surface area contributed by atoms with E-state index < -0.39 is 0 Å². The van der Waals surface area contributed by atoms with E-state index in [1.165, 1.54) is 0 Å². The summed E-state index contributed by atoms with van der Waals surface area (Å²) in [6.45, 7) is 10.9. The summed E-state index contributed by atoms with van der Waals surface area (Å²) in [7, 11) is 0. The fourth-order valence-corrected chi connectivity index (χ4v) is 2.18. The van der Waals surface area contributed by atoms with E-state index in [2.05, 4.69) is 31.4 Å². The molecule has 82 valence electrons. The van der Waals surface area contributed by atoms with Gasteiger partial charge in [-0.15, -0.1) is 0 Å². The molecule has 2 fully saturated rings. The van der Waals surface area contributed by atoms with Gasteiger partial charge in [-0.2, -0.15) is 0 Å². The minimum Gasteiger partial charge on any atom is -0.359 e. The van der Waals surface area contributed by atoms with E-state index in [9.17, 15) is 0 Å². The number of nitrogens with one attached hydrogen (secondary N) is 2. The first-order chi connectivity index (χ1) is 6.52. The molecular formula is C11H22N2O. The molecule has 1 spiro atoms. The SMILES string of the molecule is CC(C)(C)C1CNC2(CCNC2)OC1. The Morgan fingerprint density at radius 3 is 2.57 bits per heavy atom. The number of hydrogen-bond donors (Lipinski definition) is 2. The lowest BCUT2D eigenvalue weighted by atomic mass is 9.80. The molecule has 0 aromatic rings. The Kier molecular flexibility index (Phi) is 2.58. The van der Waals surface area contributed by atoms with Crippen molar-refractivity contribution in [1.82, 2.24) is 10.6 Å². The first kappa shape index (κ1) is 10.4. The van der Waals surface area contributed by atoms with Gasteiger partial charge in [0.25, 0.3) is 0 Å². The minimum atomic E-state index is -0.0399. The molecule has 2 unspecified atom stereocenters. The zero-order valence-corrected chi connectivity index (χ0v) is 9.52. The monoisotopic (exact) mass is 198 g/mol. The average Bonchev–Trinajstić information content (AvgIpc) is 2.53. The van der Waals surface area contributed by atoms with Crippen molar-refractivity contribution in [2.24, 2.45) is 11.3 Å². The Balaban J connectivity index is 1.92. The Morgan fingerprint density at radius 1 is 1.36 bits per heavy atom. The predicted molar refractivity (Wildman–Crippen MR) is 57.1 cm³/mol. The van der Waals surface area contributed by atoms with Gasteiger partial charge in [-0.1, -0.05) is 20.8 Å². The minimum absolute atomic E-state index is 0.0399. The van der Waals surface area contributed by atoms with E-state index in [0.717, 1.165) is 32.7 Å². The zero-order chi connectivity index (χ0) is 10.2. The highest BCUT2D eigenvalue weighted by Gasteiger charge is 2.41. The Bertz CT molecular complexity index is 194. The standard InChI is InChI=1S/C11H22N2O/c1-10(2,3)9-6-13-11(14-7-9)4-5-12-8-11/h9,12-13H,4-8H2,1-3H3. The summed E-state index contributed by atoms with van der Waals surface area (Å²) in [6, 6.07) is 0. The zero-order valence-electron chi connectivity index (χ0n) is 9.52. The van der Waals surface area contributed by atoms with Crippen molar-refractivity contribution in [2.75, 3.05) is 26.2 Å². The van der Waals surface area contributed by atoms with E-state index in [0.29, 0.717) is 11.3 Å². The molecule has 0 aromatic heterocycles. The maximum absolute atomic E-state index is 5.99. The van der Waals surface area contributed by atoms with Crippen molar-refractivity contribution < 1.29 is 4.74 Å². The maximum Gasteiger partial charge on any atom is 0.132 e. The molecule has 3 heteroatoms. The second kappa shape index (κ2) is 3.47. The summed E-state index contributed by atoms with van der Waals surface area (Å²) >= 11 is 0. The van der Waals surface area contributed by atoms with E-state index in [-0.39, 0.29) is 5.72 Å². The third-order valence-corrected chi connectivity index (χ3v) is 3.57. The molecule has 2 rings (SSSR count). The Hall–Kier alpha value is -0.120. The smallest absolute Gasteiger partial charge is 0.132 e. The second-order valence-corrected chi connectivity index (χ2v) is 5.68. The van der Waals surface area contributed by atoms with Gasteiger partial charge in [0, 0.05) is 19.5 Å². The second-order valence-electron chi connectivity index (χ2n) is 5.68. The lowest BCUT2D eigenvalue weighted by Gasteiger charge is -2.42. The molecule has 2 aliphatic heterocycles. The van der Waals surface area contributed by atoms with Gasteiger partial charge in [0.1, 0.15) is 5.72 Å². The molecule has 2 N–H and O–H groups in total. The molecule has 0 saturated carbocycles. The van der Waals surface area contributed by atoms with Gasteiger partial charge in [0.15, 0.2) is 0 Å². The molecule has 3 nitrogen and oxygen atoms in total. The largest absolute Gasteiger partial charge is 0.359 e. The van der Waals surface area contributed by atoms with Crippen LogP contribution in [0.1, 0.15) is 27.2 Å². The van der Waals surface area contributed by atoms with Crippen LogP contribution in [0.25, 0.3) is 0 Å². The number of ether oxygens (including phenoxy) is 1. The van der Waals surface area contributed by atoms with Gasteiger partial charge in [0.05, 0.1) is 6.61 Å². The summed E-state index contributed by atoms with van der Waals surface area (Å²) in [5.74, 6) is 0.633. The highest BCUT2D eigenvalue weighted by atomic mass is 16.5. The van der Waals surface area contributed by atoms with Crippen LogP contribution in [0, 0.1) is 11.3 Å². The maximum atomic E-state index is 5.99. The van der Waals surface area contributed by atoms with Crippen LogP contribution >= 0.6 is 0 Å². The van der Waals surface area contributed by atoms with Crippen molar-refractivity contribution in [1.29, 1.82) is 0 Å². The first-order valence-electron chi connectivity index (χ1n) is 5.62. The molecule has 0 aliphatic carbocycles. The first-order valence-corrected chi connectivity index (χ1v) is 5.62. The highest BCUT2D eigenvalue weighted by Crippen LogP contribution is 2.31. The average molecular weight is 198 g/mol. The Morgan fingerprint density at radius 2 is 2.14 bits per heavy atom. The van der Waals surface area contributed by atoms with Gasteiger partial charge in [-0.25, -0.2) is 0 Å². The van der Waals surface area contributed by atoms with Gasteiger partial charge in [0.2, 0.25) is 0 Å². The van der Waals surface area contributed by atoms with Gasteiger partial charge < -0.3 is 10.1 Å². The molecule has 2 aliphatic rings. The van der Waals surface area contributed by atoms with E-state index >= 15 is 0 Å². The van der Waals surface area contributed by atoms with Crippen LogP contribution in [-0.4, -0.2) is 32.0 Å². The topological polar surface area (TPSA) is 33.3 Å². The van der Waals surface area contributed by atoms with Crippen LogP contribution < -0.4 is 10.6 Å². The van der Waals surface area contributed by atoms with Gasteiger partial charge >= 0.3 is 0 Å². The van der Waals surface area contributed by atoms with Crippen molar-refractivity contribution in [3.8, 4) is 0 Å². The van der Waals surface area contributed by atoms with Crippen molar-refractivity contribution in [3.63, 3.8) is 0 Å². The van der Waals surface area contributed by atoms with Crippen LogP contribution in [-0.2, 0) is 4.74 Å². The fourth-order valence-electron chi connectivity index (χ4n) is 2.18. The third kappa shape index (κ3) is 1.95. The van der Waals surface area contributed by atoms with Crippen LogP contribution in [0.4, 0.5) is 0 Å². The lowest BCUT2D eigenvalue weighted by molar-refractivity contribution is -0.120. The normalized spacial score (nSPS) is 39.2. The molecule has 0 aromatic carbocycles. The van der Waals surface area contributed by atoms with Crippen molar-refractivity contribution in [2.45, 2.75) is 32.9 Å². The predicted octanol–water partition coefficient (Wildman–Crippen LogP) is 0.958. The van der Waals surface area contributed by atoms with Gasteiger partial charge in [-0.05, 0) is 17.9 Å². The van der Waals surface area contributed by atoms with Crippen LogP contribution in [0.5, 0.6) is 0 Å². The fraction of sp³-hybridized carbons (Fsp3) is 1.00. The summed E-state index contributed by atoms with van der Waals surface area (Å²) in [6.07, 6.45) is 1.10. The van der Waals surface area contributed by atoms with Crippen molar-refractivity contribution >= 4 is 0 Å². The molecule has 2 atom stereocenters. The number of hydrogen-bond acceptors (Lipinski definition) is 3. The lowest BCUT2D eigenvalue weighted by Crippen LogP contribution is -2.58. The van der Waals surface area contributed by atoms with E-state index in [4.69, 9.17) is 4.74 Å². The van der Waals surface area contributed by atoms with Crippen LogP contribution in [0.2, 0.25) is 0 Å². The summed E-state index contributed by atoms with van der Waals surface area (Å²) in [4.78, 5) is 0. The van der Waals surface area contributed by atoms with Gasteiger partial charge in [-0.3, -0.25) is 5.32 Å². The van der Waals surface area contributed by atoms with Crippen LogP contribution in [0.15, 0.2) is 0 Å². The summed E-state index contributed by atoms with van der Waals surface area (Å²) in [5, 5.41) is 6.92. The quantitative estimate of drug-likeness (QED) is 0.608. The highest BCUT2D eigenvalue weighted by molar-refractivity contribution is 4.93. The molecule has 0 bridgehead atoms. The van der Waals surface area contributed by atoms with E-state index in [1.54, 1.807) is 0 Å². The number of rotatable bonds is 0. The summed E-state index contributed by atoms with van der Waals surface area (Å²) in [5.41, 5.74) is 0.308. The van der Waals surface area contributed by atoms with Crippen LogP contribution in [0.3, 0.4) is 0 Å². The third-order valence-electron chi connectivity index (χ3n) is 3.57. The Labute approximate surface area is 86.6 Å². The molecular weight excluding hydrogens is 176 g/mol. The van der Waals surface area contributed by atoms with Crippen molar-refractivity contribution in [3.05, 3.63) is 0 Å².